The number of anilines is 1. The Morgan fingerprint density at radius 3 is 2.44 bits per heavy atom. The first-order valence-electron chi connectivity index (χ1n) is 11.3. The number of carbonyl (C=O) groups excluding carboxylic acids is 1. The highest BCUT2D eigenvalue weighted by atomic mass is 127. The highest BCUT2D eigenvalue weighted by Crippen LogP contribution is 2.24. The average molecular weight is 553 g/mol. The summed E-state index contributed by atoms with van der Waals surface area (Å²) in [5.74, 6) is 1.76. The lowest BCUT2D eigenvalue weighted by Gasteiger charge is -2.26. The summed E-state index contributed by atoms with van der Waals surface area (Å²) in [5, 5.41) is 9.73. The molecule has 3 rings (SSSR count). The van der Waals surface area contributed by atoms with Crippen LogP contribution in [0.5, 0.6) is 0 Å². The lowest BCUT2D eigenvalue weighted by atomic mass is 10.1. The summed E-state index contributed by atoms with van der Waals surface area (Å²) in [7, 11) is 0. The van der Waals surface area contributed by atoms with E-state index in [1.807, 2.05) is 50.2 Å². The number of nitrogens with zero attached hydrogens (tertiary/aromatic N) is 2. The molecule has 0 bridgehead atoms. The Labute approximate surface area is 208 Å². The van der Waals surface area contributed by atoms with Crippen LogP contribution in [0.1, 0.15) is 51.0 Å². The van der Waals surface area contributed by atoms with Crippen molar-refractivity contribution in [3.05, 3.63) is 54.0 Å². The molecule has 0 radical (unpaired) electrons. The molecule has 3 N–H and O–H groups in total. The standard InChI is InChI=1S/C24H35N5O2.HI/c1-4-25-24(26-16-19-9-11-20(12-10-19)28-23(30)18(2)3)27-17-21(22-8-7-15-31-22)29-13-5-6-14-29;/h7-12,15,18,21H,4-6,13-14,16-17H2,1-3H3,(H,28,30)(H2,25,26,27);1H. The molecule has 32 heavy (non-hydrogen) atoms. The number of hydrogen-bond donors (Lipinski definition) is 3. The van der Waals surface area contributed by atoms with Gasteiger partial charge in [-0.25, -0.2) is 4.99 Å². The van der Waals surface area contributed by atoms with Gasteiger partial charge in [-0.15, -0.1) is 24.0 Å². The topological polar surface area (TPSA) is 81.9 Å². The number of amides is 1. The first-order valence-corrected chi connectivity index (χ1v) is 11.3. The smallest absolute Gasteiger partial charge is 0.226 e. The third-order valence-electron chi connectivity index (χ3n) is 5.43. The van der Waals surface area contributed by atoms with Crippen molar-refractivity contribution >= 4 is 41.5 Å². The van der Waals surface area contributed by atoms with Gasteiger partial charge in [-0.1, -0.05) is 26.0 Å². The predicted molar refractivity (Wildman–Crippen MR) is 140 cm³/mol. The first-order chi connectivity index (χ1) is 15.1. The zero-order valence-corrected chi connectivity index (χ0v) is 21.6. The number of hydrogen-bond acceptors (Lipinski definition) is 4. The van der Waals surface area contributed by atoms with Gasteiger partial charge in [-0.05, 0) is 62.7 Å². The van der Waals surface area contributed by atoms with Crippen molar-refractivity contribution in [3.63, 3.8) is 0 Å². The molecule has 7 nitrogen and oxygen atoms in total. The van der Waals surface area contributed by atoms with Gasteiger partial charge in [0.1, 0.15) is 5.76 Å². The van der Waals surface area contributed by atoms with Gasteiger partial charge in [0, 0.05) is 24.7 Å². The maximum absolute atomic E-state index is 11.8. The molecule has 1 amide bonds. The Balaban J connectivity index is 0.00000363. The van der Waals surface area contributed by atoms with Gasteiger partial charge in [-0.3, -0.25) is 9.69 Å². The number of benzene rings is 1. The summed E-state index contributed by atoms with van der Waals surface area (Å²) in [6.07, 6.45) is 4.21. The van der Waals surface area contributed by atoms with E-state index in [4.69, 9.17) is 9.41 Å². The minimum absolute atomic E-state index is 0. The summed E-state index contributed by atoms with van der Waals surface area (Å²) >= 11 is 0. The maximum atomic E-state index is 11.8. The average Bonchev–Trinajstić information content (AvgIpc) is 3.48. The molecule has 1 saturated heterocycles. The van der Waals surface area contributed by atoms with Crippen molar-refractivity contribution in [1.82, 2.24) is 15.5 Å². The number of carbonyl (C=O) groups is 1. The molecule has 1 aliphatic heterocycles. The molecular formula is C24H36IN5O2. The fourth-order valence-electron chi connectivity index (χ4n) is 3.63. The van der Waals surface area contributed by atoms with Crippen LogP contribution < -0.4 is 16.0 Å². The minimum Gasteiger partial charge on any atom is -0.468 e. The second-order valence-electron chi connectivity index (χ2n) is 8.19. The highest BCUT2D eigenvalue weighted by molar-refractivity contribution is 14.0. The van der Waals surface area contributed by atoms with Gasteiger partial charge in [0.05, 0.1) is 18.8 Å². The SMILES string of the molecule is CCNC(=NCc1ccc(NC(=O)C(C)C)cc1)NCC(c1ccco1)N1CCCC1.I. The number of nitrogens with one attached hydrogen (secondary N) is 3. The minimum atomic E-state index is -0.0383. The third-order valence-corrected chi connectivity index (χ3v) is 5.43. The largest absolute Gasteiger partial charge is 0.468 e. The lowest BCUT2D eigenvalue weighted by Crippen LogP contribution is -2.42. The van der Waals surface area contributed by atoms with Gasteiger partial charge < -0.3 is 20.4 Å². The van der Waals surface area contributed by atoms with Crippen LogP contribution in [0.25, 0.3) is 0 Å². The first kappa shape index (κ1) is 26.2. The van der Waals surface area contributed by atoms with Crippen LogP contribution in [0.4, 0.5) is 5.69 Å². The quantitative estimate of drug-likeness (QED) is 0.244. The molecule has 1 fully saturated rings. The monoisotopic (exact) mass is 553 g/mol. The van der Waals surface area contributed by atoms with Crippen molar-refractivity contribution in [2.24, 2.45) is 10.9 Å². The second-order valence-corrected chi connectivity index (χ2v) is 8.19. The number of likely N-dealkylation sites (tertiary alicyclic amines) is 1. The fraction of sp³-hybridized carbons (Fsp3) is 0.500. The van der Waals surface area contributed by atoms with Crippen molar-refractivity contribution in [2.75, 3.05) is 31.5 Å². The molecule has 1 unspecified atom stereocenters. The van der Waals surface area contributed by atoms with E-state index in [1.165, 1.54) is 12.8 Å². The van der Waals surface area contributed by atoms with Gasteiger partial charge in [0.25, 0.3) is 0 Å². The molecule has 1 aliphatic rings. The van der Waals surface area contributed by atoms with E-state index in [1.54, 1.807) is 6.26 Å². The van der Waals surface area contributed by atoms with E-state index in [2.05, 4.69) is 27.8 Å². The van der Waals surface area contributed by atoms with E-state index in [0.717, 1.165) is 49.1 Å². The van der Waals surface area contributed by atoms with E-state index < -0.39 is 0 Å². The van der Waals surface area contributed by atoms with Crippen LogP contribution in [0.3, 0.4) is 0 Å². The molecule has 8 heteroatoms. The van der Waals surface area contributed by atoms with Crippen LogP contribution in [-0.2, 0) is 11.3 Å². The Bertz CT molecular complexity index is 831. The molecule has 1 aromatic heterocycles. The summed E-state index contributed by atoms with van der Waals surface area (Å²) in [5.41, 5.74) is 1.89. The predicted octanol–water partition coefficient (Wildman–Crippen LogP) is 4.38. The highest BCUT2D eigenvalue weighted by Gasteiger charge is 2.25. The molecule has 2 aromatic rings. The molecule has 2 heterocycles. The molecule has 0 spiro atoms. The molecule has 176 valence electrons. The van der Waals surface area contributed by atoms with Crippen LogP contribution in [0.2, 0.25) is 0 Å². The van der Waals surface area contributed by atoms with E-state index in [-0.39, 0.29) is 41.8 Å². The molecule has 1 aromatic carbocycles. The van der Waals surface area contributed by atoms with Crippen LogP contribution in [0, 0.1) is 5.92 Å². The Hall–Kier alpha value is -2.07. The number of rotatable bonds is 9. The number of guanidine groups is 1. The Morgan fingerprint density at radius 1 is 1.12 bits per heavy atom. The third kappa shape index (κ3) is 7.81. The van der Waals surface area contributed by atoms with Gasteiger partial charge in [-0.2, -0.15) is 0 Å². The zero-order valence-electron chi connectivity index (χ0n) is 19.3. The van der Waals surface area contributed by atoms with E-state index >= 15 is 0 Å². The van der Waals surface area contributed by atoms with Crippen molar-refractivity contribution in [1.29, 1.82) is 0 Å². The summed E-state index contributed by atoms with van der Waals surface area (Å²) in [6, 6.07) is 12.0. The van der Waals surface area contributed by atoms with E-state index in [9.17, 15) is 4.79 Å². The summed E-state index contributed by atoms with van der Waals surface area (Å²) in [6.45, 7) is 10.1. The second kappa shape index (κ2) is 13.5. The number of halogens is 1. The van der Waals surface area contributed by atoms with Crippen molar-refractivity contribution in [2.45, 2.75) is 46.2 Å². The van der Waals surface area contributed by atoms with Crippen LogP contribution in [0.15, 0.2) is 52.1 Å². The lowest BCUT2D eigenvalue weighted by molar-refractivity contribution is -0.118. The maximum Gasteiger partial charge on any atom is 0.226 e. The van der Waals surface area contributed by atoms with Gasteiger partial charge in [0.15, 0.2) is 5.96 Å². The Morgan fingerprint density at radius 2 is 1.84 bits per heavy atom. The van der Waals surface area contributed by atoms with Crippen molar-refractivity contribution < 1.29 is 9.21 Å². The fourth-order valence-corrected chi connectivity index (χ4v) is 3.63. The van der Waals surface area contributed by atoms with Crippen molar-refractivity contribution in [3.8, 4) is 0 Å². The zero-order chi connectivity index (χ0) is 22.1. The molecule has 1 atom stereocenters. The molecule has 0 saturated carbocycles. The number of aliphatic imine (C=N–C) groups is 1. The number of furan rings is 1. The van der Waals surface area contributed by atoms with Crippen LogP contribution in [-0.4, -0.2) is 42.9 Å². The molecule has 0 aliphatic carbocycles. The summed E-state index contributed by atoms with van der Waals surface area (Å²) < 4.78 is 5.71. The van der Waals surface area contributed by atoms with Gasteiger partial charge in [0.2, 0.25) is 5.91 Å². The Kier molecular flexibility index (Phi) is 11.0. The molecular weight excluding hydrogens is 517 g/mol. The van der Waals surface area contributed by atoms with Crippen LogP contribution >= 0.6 is 24.0 Å². The van der Waals surface area contributed by atoms with E-state index in [0.29, 0.717) is 6.54 Å². The summed E-state index contributed by atoms with van der Waals surface area (Å²) in [4.78, 5) is 19.0. The normalized spacial score (nSPS) is 15.3. The van der Waals surface area contributed by atoms with Gasteiger partial charge >= 0.3 is 0 Å².